The van der Waals surface area contributed by atoms with Crippen molar-refractivity contribution >= 4 is 34.8 Å². The fourth-order valence-corrected chi connectivity index (χ4v) is 4.63. The predicted octanol–water partition coefficient (Wildman–Crippen LogP) is 3.33. The number of hydrogen-bond donors (Lipinski definition) is 1. The van der Waals surface area contributed by atoms with E-state index in [-0.39, 0.29) is 18.4 Å². The molecule has 0 spiro atoms. The summed E-state index contributed by atoms with van der Waals surface area (Å²) in [6.07, 6.45) is 2.52. The summed E-state index contributed by atoms with van der Waals surface area (Å²) >= 11 is 6.35. The second-order valence-electron chi connectivity index (χ2n) is 8.36. The van der Waals surface area contributed by atoms with Crippen LogP contribution in [0.25, 0.3) is 0 Å². The fourth-order valence-electron chi connectivity index (χ4n) is 4.43. The molecule has 3 aliphatic rings. The zero-order chi connectivity index (χ0) is 22.8. The van der Waals surface area contributed by atoms with E-state index in [0.717, 1.165) is 38.0 Å². The number of para-hydroxylation sites is 2. The minimum absolute atomic E-state index is 0.0236. The van der Waals surface area contributed by atoms with Gasteiger partial charge in [-0.3, -0.25) is 9.59 Å². The summed E-state index contributed by atoms with van der Waals surface area (Å²) in [5.74, 6) is 1.43. The summed E-state index contributed by atoms with van der Waals surface area (Å²) in [4.78, 5) is 29.8. The van der Waals surface area contributed by atoms with E-state index in [2.05, 4.69) is 5.32 Å². The van der Waals surface area contributed by atoms with Crippen LogP contribution in [-0.2, 0) is 9.59 Å². The Hall–Kier alpha value is -3.13. The van der Waals surface area contributed by atoms with Crippen LogP contribution in [0.15, 0.2) is 36.4 Å². The maximum Gasteiger partial charge on any atom is 0.265 e. The van der Waals surface area contributed by atoms with Crippen LogP contribution in [0.4, 0.5) is 11.4 Å². The number of nitrogens with zero attached hydrogens (tertiary/aromatic N) is 2. The standard InChI is InChI=1S/C24H26ClN3O5/c25-16-12-20-21(32-11-10-31-20)13-17(16)26-23(29)15-28-14-22(24(30)27-8-4-1-5-9-27)33-19-7-3-2-6-18(19)28/h2-3,6-7,12-13,22H,1,4-5,8-11,14-15H2,(H,26,29). The van der Waals surface area contributed by atoms with Gasteiger partial charge in [-0.05, 0) is 31.4 Å². The molecule has 2 aromatic carbocycles. The first kappa shape index (κ1) is 21.7. The highest BCUT2D eigenvalue weighted by Crippen LogP contribution is 2.38. The van der Waals surface area contributed by atoms with Crippen LogP contribution < -0.4 is 24.4 Å². The SMILES string of the molecule is O=C(CN1CC(C(=O)N2CCCCC2)Oc2ccccc21)Nc1cc2c(cc1Cl)OCCO2. The molecule has 1 unspecified atom stereocenters. The Balaban J connectivity index is 1.31. The maximum atomic E-state index is 13.1. The van der Waals surface area contributed by atoms with E-state index in [4.69, 9.17) is 25.8 Å². The molecule has 33 heavy (non-hydrogen) atoms. The van der Waals surface area contributed by atoms with Gasteiger partial charge in [-0.25, -0.2) is 0 Å². The molecule has 0 bridgehead atoms. The van der Waals surface area contributed by atoms with Crippen molar-refractivity contribution in [1.82, 2.24) is 4.90 Å². The number of rotatable bonds is 4. The number of piperidine rings is 1. The number of halogens is 1. The number of anilines is 2. The zero-order valence-corrected chi connectivity index (χ0v) is 19.0. The Morgan fingerprint density at radius 3 is 2.52 bits per heavy atom. The molecule has 3 heterocycles. The van der Waals surface area contributed by atoms with Crippen molar-refractivity contribution in [3.63, 3.8) is 0 Å². The van der Waals surface area contributed by atoms with Crippen molar-refractivity contribution in [3.05, 3.63) is 41.4 Å². The monoisotopic (exact) mass is 471 g/mol. The fraction of sp³-hybridized carbons (Fsp3) is 0.417. The van der Waals surface area contributed by atoms with Gasteiger partial charge in [0, 0.05) is 25.2 Å². The molecule has 0 aliphatic carbocycles. The summed E-state index contributed by atoms with van der Waals surface area (Å²) < 4.78 is 17.2. The molecule has 9 heteroatoms. The van der Waals surface area contributed by atoms with Gasteiger partial charge in [0.2, 0.25) is 5.91 Å². The Morgan fingerprint density at radius 2 is 1.73 bits per heavy atom. The molecule has 8 nitrogen and oxygen atoms in total. The van der Waals surface area contributed by atoms with Gasteiger partial charge >= 0.3 is 0 Å². The minimum Gasteiger partial charge on any atom is -0.486 e. The highest BCUT2D eigenvalue weighted by Gasteiger charge is 2.34. The van der Waals surface area contributed by atoms with Gasteiger partial charge in [0.1, 0.15) is 19.0 Å². The van der Waals surface area contributed by atoms with Gasteiger partial charge in [-0.1, -0.05) is 23.7 Å². The minimum atomic E-state index is -0.649. The number of ether oxygens (including phenoxy) is 3. The molecule has 1 fully saturated rings. The van der Waals surface area contributed by atoms with E-state index in [1.807, 2.05) is 34.1 Å². The molecule has 5 rings (SSSR count). The third-order valence-electron chi connectivity index (χ3n) is 6.04. The van der Waals surface area contributed by atoms with E-state index in [0.29, 0.717) is 47.7 Å². The number of carbonyl (C=O) groups excluding carboxylic acids is 2. The first-order valence-corrected chi connectivity index (χ1v) is 11.6. The lowest BCUT2D eigenvalue weighted by molar-refractivity contribution is -0.139. The second kappa shape index (κ2) is 9.39. The molecule has 1 N–H and O–H groups in total. The number of carbonyl (C=O) groups is 2. The summed E-state index contributed by atoms with van der Waals surface area (Å²) in [5.41, 5.74) is 1.23. The zero-order valence-electron chi connectivity index (χ0n) is 18.2. The number of nitrogens with one attached hydrogen (secondary N) is 1. The molecule has 2 aromatic rings. The highest BCUT2D eigenvalue weighted by atomic mass is 35.5. The molecule has 1 atom stereocenters. The Labute approximate surface area is 197 Å². The third-order valence-corrected chi connectivity index (χ3v) is 6.36. The second-order valence-corrected chi connectivity index (χ2v) is 8.77. The van der Waals surface area contributed by atoms with Gasteiger partial charge in [0.05, 0.1) is 29.5 Å². The summed E-state index contributed by atoms with van der Waals surface area (Å²) in [7, 11) is 0. The smallest absolute Gasteiger partial charge is 0.265 e. The summed E-state index contributed by atoms with van der Waals surface area (Å²) in [5, 5.41) is 3.23. The molecule has 0 radical (unpaired) electrons. The summed E-state index contributed by atoms with van der Waals surface area (Å²) in [6.45, 7) is 2.76. The van der Waals surface area contributed by atoms with E-state index in [9.17, 15) is 9.59 Å². The number of likely N-dealkylation sites (tertiary alicyclic amines) is 1. The Morgan fingerprint density at radius 1 is 1.00 bits per heavy atom. The van der Waals surface area contributed by atoms with Crippen molar-refractivity contribution in [2.45, 2.75) is 25.4 Å². The van der Waals surface area contributed by atoms with E-state index >= 15 is 0 Å². The third kappa shape index (κ3) is 4.66. The molecule has 2 amide bonds. The van der Waals surface area contributed by atoms with Crippen molar-refractivity contribution < 1.29 is 23.8 Å². The molecular weight excluding hydrogens is 446 g/mol. The van der Waals surface area contributed by atoms with Crippen LogP contribution in [0.3, 0.4) is 0 Å². The van der Waals surface area contributed by atoms with Crippen molar-refractivity contribution in [2.24, 2.45) is 0 Å². The van der Waals surface area contributed by atoms with Gasteiger partial charge in [-0.2, -0.15) is 0 Å². The topological polar surface area (TPSA) is 80.3 Å². The van der Waals surface area contributed by atoms with Crippen LogP contribution in [0, 0.1) is 0 Å². The highest BCUT2D eigenvalue weighted by molar-refractivity contribution is 6.34. The first-order chi connectivity index (χ1) is 16.1. The number of fused-ring (bicyclic) bond motifs is 2. The van der Waals surface area contributed by atoms with Gasteiger partial charge in [0.25, 0.3) is 5.91 Å². The van der Waals surface area contributed by atoms with Crippen LogP contribution in [0.1, 0.15) is 19.3 Å². The molecule has 1 saturated heterocycles. The molecule has 0 saturated carbocycles. The van der Waals surface area contributed by atoms with Crippen LogP contribution >= 0.6 is 11.6 Å². The lowest BCUT2D eigenvalue weighted by Gasteiger charge is -2.38. The maximum absolute atomic E-state index is 13.1. The van der Waals surface area contributed by atoms with Gasteiger partial charge < -0.3 is 29.3 Å². The number of benzene rings is 2. The summed E-state index contributed by atoms with van der Waals surface area (Å²) in [6, 6.07) is 10.8. The molecule has 3 aliphatic heterocycles. The number of hydrogen-bond acceptors (Lipinski definition) is 6. The normalized spacial score (nSPS) is 19.4. The Kier molecular flexibility index (Phi) is 6.17. The van der Waals surface area contributed by atoms with Gasteiger partial charge in [0.15, 0.2) is 17.6 Å². The molecule has 0 aromatic heterocycles. The van der Waals surface area contributed by atoms with Crippen LogP contribution in [-0.4, -0.2) is 62.2 Å². The molecular formula is C24H26ClN3O5. The Bertz CT molecular complexity index is 1060. The van der Waals surface area contributed by atoms with Gasteiger partial charge in [-0.15, -0.1) is 0 Å². The largest absolute Gasteiger partial charge is 0.486 e. The predicted molar refractivity (Wildman–Crippen MR) is 125 cm³/mol. The van der Waals surface area contributed by atoms with Crippen LogP contribution in [0.5, 0.6) is 17.2 Å². The lowest BCUT2D eigenvalue weighted by atomic mass is 10.1. The van der Waals surface area contributed by atoms with Crippen molar-refractivity contribution in [2.75, 3.05) is 49.6 Å². The van der Waals surface area contributed by atoms with E-state index < -0.39 is 6.10 Å². The van der Waals surface area contributed by atoms with Crippen LogP contribution in [0.2, 0.25) is 5.02 Å². The van der Waals surface area contributed by atoms with Crippen molar-refractivity contribution in [1.29, 1.82) is 0 Å². The lowest BCUT2D eigenvalue weighted by Crippen LogP contribution is -2.52. The average Bonchev–Trinajstić information content (AvgIpc) is 2.84. The molecule has 174 valence electrons. The van der Waals surface area contributed by atoms with E-state index in [1.165, 1.54) is 0 Å². The first-order valence-electron chi connectivity index (χ1n) is 11.3. The number of amides is 2. The van der Waals surface area contributed by atoms with E-state index in [1.54, 1.807) is 12.1 Å². The average molecular weight is 472 g/mol. The van der Waals surface area contributed by atoms with Crippen molar-refractivity contribution in [3.8, 4) is 17.2 Å². The quantitative estimate of drug-likeness (QED) is 0.736.